The molecule has 0 bridgehead atoms. The second-order valence-electron chi connectivity index (χ2n) is 4.35. The predicted molar refractivity (Wildman–Crippen MR) is 69.6 cm³/mol. The van der Waals surface area contributed by atoms with Gasteiger partial charge in [0, 0.05) is 6.42 Å². The molecule has 4 nitrogen and oxygen atoms in total. The standard InChI is InChI=1S/C13H17NO3S/c15-12(14-7-8-17-13(14)16)5-3-1-2-4-11-6-9-18-10-11/h6,9-10H,1-5,7-8H2. The van der Waals surface area contributed by atoms with Crippen LogP contribution >= 0.6 is 11.3 Å². The maximum atomic E-state index is 11.7. The second-order valence-corrected chi connectivity index (χ2v) is 5.13. The number of rotatable bonds is 6. The van der Waals surface area contributed by atoms with E-state index in [9.17, 15) is 9.59 Å². The number of carbonyl (C=O) groups excluding carboxylic acids is 2. The van der Waals surface area contributed by atoms with Crippen molar-refractivity contribution in [1.29, 1.82) is 0 Å². The Bertz CT molecular complexity index is 402. The van der Waals surface area contributed by atoms with Crippen LogP contribution in [0.15, 0.2) is 16.8 Å². The molecule has 0 spiro atoms. The number of amides is 2. The quantitative estimate of drug-likeness (QED) is 0.745. The van der Waals surface area contributed by atoms with Crippen LogP contribution in [-0.2, 0) is 16.0 Å². The Labute approximate surface area is 111 Å². The average molecular weight is 267 g/mol. The largest absolute Gasteiger partial charge is 0.447 e. The highest BCUT2D eigenvalue weighted by atomic mass is 32.1. The monoisotopic (exact) mass is 267 g/mol. The van der Waals surface area contributed by atoms with Crippen LogP contribution in [0.2, 0.25) is 0 Å². The lowest BCUT2D eigenvalue weighted by molar-refractivity contribution is -0.127. The summed E-state index contributed by atoms with van der Waals surface area (Å²) in [5.41, 5.74) is 1.37. The predicted octanol–water partition coefficient (Wildman–Crippen LogP) is 2.83. The minimum absolute atomic E-state index is 0.104. The van der Waals surface area contributed by atoms with Crippen molar-refractivity contribution in [3.05, 3.63) is 22.4 Å². The zero-order chi connectivity index (χ0) is 12.8. The summed E-state index contributed by atoms with van der Waals surface area (Å²) >= 11 is 1.71. The van der Waals surface area contributed by atoms with Gasteiger partial charge in [-0.25, -0.2) is 9.69 Å². The smallest absolute Gasteiger partial charge is 0.416 e. The normalized spacial score (nSPS) is 14.9. The van der Waals surface area contributed by atoms with Gasteiger partial charge in [0.05, 0.1) is 6.54 Å². The van der Waals surface area contributed by atoms with E-state index >= 15 is 0 Å². The molecule has 2 rings (SSSR count). The van der Waals surface area contributed by atoms with Crippen molar-refractivity contribution in [3.8, 4) is 0 Å². The highest BCUT2D eigenvalue weighted by Gasteiger charge is 2.27. The molecular formula is C13H17NO3S. The number of aryl methyl sites for hydroxylation is 1. The lowest BCUT2D eigenvalue weighted by Gasteiger charge is -2.09. The van der Waals surface area contributed by atoms with Gasteiger partial charge in [-0.15, -0.1) is 0 Å². The molecule has 2 amide bonds. The number of unbranched alkanes of at least 4 members (excludes halogenated alkanes) is 2. The lowest BCUT2D eigenvalue weighted by atomic mass is 10.1. The number of cyclic esters (lactones) is 1. The fourth-order valence-corrected chi connectivity index (χ4v) is 2.68. The van der Waals surface area contributed by atoms with E-state index in [-0.39, 0.29) is 5.91 Å². The SMILES string of the molecule is O=C(CCCCCc1ccsc1)N1CCOC1=O. The van der Waals surface area contributed by atoms with E-state index in [1.54, 1.807) is 11.3 Å². The average Bonchev–Trinajstić information content (AvgIpc) is 2.99. The van der Waals surface area contributed by atoms with E-state index in [0.717, 1.165) is 25.7 Å². The van der Waals surface area contributed by atoms with Gasteiger partial charge in [0.15, 0.2) is 0 Å². The van der Waals surface area contributed by atoms with Gasteiger partial charge in [-0.05, 0) is 41.7 Å². The fraction of sp³-hybridized carbons (Fsp3) is 0.538. The van der Waals surface area contributed by atoms with Crippen molar-refractivity contribution in [3.63, 3.8) is 0 Å². The van der Waals surface area contributed by atoms with Crippen LogP contribution in [0, 0.1) is 0 Å². The Kier molecular flexibility index (Phi) is 4.75. The number of nitrogens with zero attached hydrogens (tertiary/aromatic N) is 1. The van der Waals surface area contributed by atoms with E-state index in [4.69, 9.17) is 4.74 Å². The summed E-state index contributed by atoms with van der Waals surface area (Å²) < 4.78 is 4.73. The van der Waals surface area contributed by atoms with Crippen molar-refractivity contribution in [2.24, 2.45) is 0 Å². The van der Waals surface area contributed by atoms with Gasteiger partial charge >= 0.3 is 6.09 Å². The minimum Gasteiger partial charge on any atom is -0.447 e. The van der Waals surface area contributed by atoms with Crippen LogP contribution in [0.3, 0.4) is 0 Å². The van der Waals surface area contributed by atoms with Crippen LogP contribution in [-0.4, -0.2) is 30.1 Å². The third kappa shape index (κ3) is 3.57. The molecule has 1 aliphatic heterocycles. The summed E-state index contributed by atoms with van der Waals surface area (Å²) in [6.07, 6.45) is 3.98. The van der Waals surface area contributed by atoms with Crippen molar-refractivity contribution < 1.29 is 14.3 Å². The van der Waals surface area contributed by atoms with Crippen molar-refractivity contribution in [1.82, 2.24) is 4.90 Å². The minimum atomic E-state index is -0.488. The third-order valence-electron chi connectivity index (χ3n) is 3.00. The number of carbonyl (C=O) groups is 2. The first-order chi connectivity index (χ1) is 8.77. The molecule has 0 unspecified atom stereocenters. The lowest BCUT2D eigenvalue weighted by Crippen LogP contribution is -2.31. The molecule has 5 heteroatoms. The second kappa shape index (κ2) is 6.54. The summed E-state index contributed by atoms with van der Waals surface area (Å²) in [5, 5.41) is 4.24. The Hall–Kier alpha value is -1.36. The van der Waals surface area contributed by atoms with Crippen LogP contribution < -0.4 is 0 Å². The zero-order valence-corrected chi connectivity index (χ0v) is 11.1. The van der Waals surface area contributed by atoms with Crippen LogP contribution in [0.4, 0.5) is 4.79 Å². The molecule has 1 aliphatic rings. The summed E-state index contributed by atoms with van der Waals surface area (Å²) in [6, 6.07) is 2.13. The molecular weight excluding hydrogens is 250 g/mol. The molecule has 2 heterocycles. The van der Waals surface area contributed by atoms with E-state index in [1.807, 2.05) is 0 Å². The fourth-order valence-electron chi connectivity index (χ4n) is 1.97. The Morgan fingerprint density at radius 1 is 1.39 bits per heavy atom. The third-order valence-corrected chi connectivity index (χ3v) is 3.73. The Balaban J connectivity index is 1.58. The summed E-state index contributed by atoms with van der Waals surface area (Å²) in [4.78, 5) is 24.0. The van der Waals surface area contributed by atoms with Gasteiger partial charge in [0.2, 0.25) is 5.91 Å². The molecule has 1 aromatic heterocycles. The number of hydrogen-bond acceptors (Lipinski definition) is 4. The van der Waals surface area contributed by atoms with E-state index in [1.165, 1.54) is 10.5 Å². The van der Waals surface area contributed by atoms with Gasteiger partial charge in [0.25, 0.3) is 0 Å². The number of hydrogen-bond donors (Lipinski definition) is 0. The Morgan fingerprint density at radius 2 is 2.28 bits per heavy atom. The van der Waals surface area contributed by atoms with E-state index < -0.39 is 6.09 Å². The number of thiophene rings is 1. The van der Waals surface area contributed by atoms with Gasteiger partial charge in [-0.1, -0.05) is 6.42 Å². The number of ether oxygens (including phenoxy) is 1. The van der Waals surface area contributed by atoms with Crippen LogP contribution in [0.1, 0.15) is 31.2 Å². The first-order valence-corrected chi connectivity index (χ1v) is 7.20. The molecule has 0 N–H and O–H groups in total. The van der Waals surface area contributed by atoms with Crippen molar-refractivity contribution in [2.75, 3.05) is 13.2 Å². The van der Waals surface area contributed by atoms with Gasteiger partial charge in [-0.3, -0.25) is 4.79 Å². The summed E-state index contributed by atoms with van der Waals surface area (Å²) in [6.45, 7) is 0.745. The van der Waals surface area contributed by atoms with Crippen molar-refractivity contribution >= 4 is 23.3 Å². The zero-order valence-electron chi connectivity index (χ0n) is 10.3. The van der Waals surface area contributed by atoms with Gasteiger partial charge in [0.1, 0.15) is 6.61 Å². The highest BCUT2D eigenvalue weighted by Crippen LogP contribution is 2.13. The molecule has 0 saturated carbocycles. The summed E-state index contributed by atoms with van der Waals surface area (Å²) in [7, 11) is 0. The molecule has 1 fully saturated rings. The first-order valence-electron chi connectivity index (χ1n) is 6.25. The molecule has 0 aromatic carbocycles. The van der Waals surface area contributed by atoms with E-state index in [0.29, 0.717) is 19.6 Å². The molecule has 0 aliphatic carbocycles. The van der Waals surface area contributed by atoms with Crippen LogP contribution in [0.5, 0.6) is 0 Å². The topological polar surface area (TPSA) is 46.6 Å². The first kappa shape index (κ1) is 13.1. The maximum absolute atomic E-state index is 11.7. The number of imide groups is 1. The highest BCUT2D eigenvalue weighted by molar-refractivity contribution is 7.07. The Morgan fingerprint density at radius 3 is 2.94 bits per heavy atom. The van der Waals surface area contributed by atoms with Crippen LogP contribution in [0.25, 0.3) is 0 Å². The molecule has 1 saturated heterocycles. The molecule has 0 radical (unpaired) electrons. The summed E-state index contributed by atoms with van der Waals surface area (Å²) in [5.74, 6) is -0.104. The maximum Gasteiger partial charge on any atom is 0.416 e. The molecule has 0 atom stereocenters. The molecule has 1 aromatic rings. The van der Waals surface area contributed by atoms with Crippen molar-refractivity contribution in [2.45, 2.75) is 32.1 Å². The molecule has 98 valence electrons. The van der Waals surface area contributed by atoms with E-state index in [2.05, 4.69) is 16.8 Å². The molecule has 18 heavy (non-hydrogen) atoms. The van der Waals surface area contributed by atoms with Gasteiger partial charge < -0.3 is 4.74 Å². The van der Waals surface area contributed by atoms with Gasteiger partial charge in [-0.2, -0.15) is 11.3 Å².